The topological polar surface area (TPSA) is 39.1 Å². The van der Waals surface area contributed by atoms with Gasteiger partial charge in [-0.25, -0.2) is 0 Å². The summed E-state index contributed by atoms with van der Waals surface area (Å²) in [6.45, 7) is 5.91. The molecule has 3 heteroatoms. The van der Waals surface area contributed by atoms with Crippen molar-refractivity contribution in [3.63, 3.8) is 0 Å². The molecular weight excluding hydrogens is 222 g/mol. The molecule has 3 atom stereocenters. The smallest absolute Gasteiger partial charge is 0.106 e. The molecule has 2 rings (SSSR count). The van der Waals surface area contributed by atoms with Crippen molar-refractivity contribution in [1.29, 1.82) is 5.26 Å². The Balaban J connectivity index is 1.71. The van der Waals surface area contributed by atoms with Crippen LogP contribution in [0.25, 0.3) is 0 Å². The van der Waals surface area contributed by atoms with Gasteiger partial charge in [-0.15, -0.1) is 0 Å². The van der Waals surface area contributed by atoms with Gasteiger partial charge in [0, 0.05) is 13.1 Å². The number of nitrogens with one attached hydrogen (secondary N) is 1. The molecule has 102 valence electrons. The number of rotatable bonds is 6. The highest BCUT2D eigenvalue weighted by Crippen LogP contribution is 2.37. The Labute approximate surface area is 112 Å². The lowest BCUT2D eigenvalue weighted by atomic mass is 9.92. The standard InChI is InChI=1S/C15H27N3/c1-3-15(12-16,17-2)8-5-9-18-10-13-6-4-7-14(13)11-18/h13-14,17H,3-11H2,1-2H3. The van der Waals surface area contributed by atoms with Gasteiger partial charge in [-0.2, -0.15) is 5.26 Å². The van der Waals surface area contributed by atoms with Crippen LogP contribution in [0.1, 0.15) is 45.4 Å². The number of fused-ring (bicyclic) bond motifs is 1. The van der Waals surface area contributed by atoms with Gasteiger partial charge in [0.1, 0.15) is 5.54 Å². The van der Waals surface area contributed by atoms with Crippen LogP contribution in [0, 0.1) is 23.2 Å². The van der Waals surface area contributed by atoms with Crippen molar-refractivity contribution in [2.24, 2.45) is 11.8 Å². The second kappa shape index (κ2) is 6.04. The van der Waals surface area contributed by atoms with E-state index in [-0.39, 0.29) is 5.54 Å². The summed E-state index contributed by atoms with van der Waals surface area (Å²) >= 11 is 0. The lowest BCUT2D eigenvalue weighted by molar-refractivity contribution is 0.284. The van der Waals surface area contributed by atoms with E-state index in [4.69, 9.17) is 0 Å². The van der Waals surface area contributed by atoms with Gasteiger partial charge in [0.2, 0.25) is 0 Å². The molecule has 2 aliphatic rings. The van der Waals surface area contributed by atoms with E-state index in [0.717, 1.165) is 31.1 Å². The fourth-order valence-electron chi connectivity index (χ4n) is 3.79. The average Bonchev–Trinajstić information content (AvgIpc) is 2.96. The first-order valence-electron chi connectivity index (χ1n) is 7.55. The maximum absolute atomic E-state index is 9.27. The van der Waals surface area contributed by atoms with Gasteiger partial charge < -0.3 is 10.2 Å². The van der Waals surface area contributed by atoms with Crippen LogP contribution in [-0.4, -0.2) is 37.1 Å². The molecule has 3 nitrogen and oxygen atoms in total. The molecule has 1 N–H and O–H groups in total. The van der Waals surface area contributed by atoms with Crippen LogP contribution in [0.4, 0.5) is 0 Å². The van der Waals surface area contributed by atoms with Crippen LogP contribution in [0.3, 0.4) is 0 Å². The Morgan fingerprint density at radius 1 is 1.33 bits per heavy atom. The molecule has 0 bridgehead atoms. The molecule has 18 heavy (non-hydrogen) atoms. The molecule has 0 aromatic heterocycles. The number of nitrogens with zero attached hydrogens (tertiary/aromatic N) is 2. The van der Waals surface area contributed by atoms with Crippen molar-refractivity contribution in [1.82, 2.24) is 10.2 Å². The van der Waals surface area contributed by atoms with Crippen molar-refractivity contribution in [3.8, 4) is 6.07 Å². The molecule has 0 spiro atoms. The van der Waals surface area contributed by atoms with Gasteiger partial charge in [0.25, 0.3) is 0 Å². The van der Waals surface area contributed by atoms with Crippen LogP contribution in [0.5, 0.6) is 0 Å². The molecular formula is C15H27N3. The molecule has 0 radical (unpaired) electrons. The van der Waals surface area contributed by atoms with Crippen LogP contribution in [0.15, 0.2) is 0 Å². The van der Waals surface area contributed by atoms with Crippen molar-refractivity contribution < 1.29 is 0 Å². The lowest BCUT2D eigenvalue weighted by Gasteiger charge is -2.26. The Morgan fingerprint density at radius 3 is 2.50 bits per heavy atom. The zero-order chi connectivity index (χ0) is 13.0. The number of hydrogen-bond donors (Lipinski definition) is 1. The average molecular weight is 249 g/mol. The Bertz CT molecular complexity index is 291. The highest BCUT2D eigenvalue weighted by atomic mass is 15.2. The van der Waals surface area contributed by atoms with Gasteiger partial charge in [0.15, 0.2) is 0 Å². The van der Waals surface area contributed by atoms with Crippen molar-refractivity contribution in [3.05, 3.63) is 0 Å². The minimum absolute atomic E-state index is 0.296. The first-order valence-corrected chi connectivity index (χ1v) is 7.55. The monoisotopic (exact) mass is 249 g/mol. The van der Waals surface area contributed by atoms with Gasteiger partial charge >= 0.3 is 0 Å². The Morgan fingerprint density at radius 2 is 2.00 bits per heavy atom. The summed E-state index contributed by atoms with van der Waals surface area (Å²) in [6, 6.07) is 2.45. The first-order chi connectivity index (χ1) is 8.73. The lowest BCUT2D eigenvalue weighted by Crippen LogP contribution is -2.41. The number of likely N-dealkylation sites (tertiary alicyclic amines) is 1. The molecule has 1 saturated carbocycles. The number of hydrogen-bond acceptors (Lipinski definition) is 3. The van der Waals surface area contributed by atoms with Crippen molar-refractivity contribution in [2.75, 3.05) is 26.7 Å². The summed E-state index contributed by atoms with van der Waals surface area (Å²) in [5, 5.41) is 12.5. The van der Waals surface area contributed by atoms with Gasteiger partial charge in [-0.1, -0.05) is 13.3 Å². The maximum Gasteiger partial charge on any atom is 0.106 e. The minimum Gasteiger partial charge on any atom is -0.303 e. The van der Waals surface area contributed by atoms with Gasteiger partial charge in [0.05, 0.1) is 6.07 Å². The highest BCUT2D eigenvalue weighted by molar-refractivity contribution is 5.05. The van der Waals surface area contributed by atoms with Crippen molar-refractivity contribution >= 4 is 0 Å². The zero-order valence-corrected chi connectivity index (χ0v) is 11.9. The molecule has 0 aromatic rings. The fraction of sp³-hybridized carbons (Fsp3) is 0.933. The fourth-order valence-corrected chi connectivity index (χ4v) is 3.79. The van der Waals surface area contributed by atoms with Crippen LogP contribution < -0.4 is 5.32 Å². The second-order valence-corrected chi connectivity index (χ2v) is 6.11. The summed E-state index contributed by atoms with van der Waals surface area (Å²) in [7, 11) is 1.91. The molecule has 1 heterocycles. The van der Waals surface area contributed by atoms with E-state index in [0.29, 0.717) is 0 Å². The van der Waals surface area contributed by atoms with E-state index in [1.165, 1.54) is 38.9 Å². The zero-order valence-electron chi connectivity index (χ0n) is 11.9. The molecule has 0 aromatic carbocycles. The van der Waals surface area contributed by atoms with E-state index < -0.39 is 0 Å². The quantitative estimate of drug-likeness (QED) is 0.785. The summed E-state index contributed by atoms with van der Waals surface area (Å²) in [5.41, 5.74) is -0.296. The van der Waals surface area contributed by atoms with E-state index in [1.54, 1.807) is 0 Å². The summed E-state index contributed by atoms with van der Waals surface area (Å²) in [4.78, 5) is 2.63. The van der Waals surface area contributed by atoms with E-state index in [9.17, 15) is 5.26 Å². The second-order valence-electron chi connectivity index (χ2n) is 6.11. The van der Waals surface area contributed by atoms with E-state index in [1.807, 2.05) is 7.05 Å². The third kappa shape index (κ3) is 2.87. The first kappa shape index (κ1) is 13.8. The highest BCUT2D eigenvalue weighted by Gasteiger charge is 2.35. The maximum atomic E-state index is 9.27. The Kier molecular flexibility index (Phi) is 4.64. The molecule has 3 unspecified atom stereocenters. The SMILES string of the molecule is CCC(C#N)(CCCN1CC2CCCC2C1)NC. The number of nitriles is 1. The normalized spacial score (nSPS) is 30.9. The largest absolute Gasteiger partial charge is 0.303 e. The molecule has 2 fully saturated rings. The van der Waals surface area contributed by atoms with Gasteiger partial charge in [-0.05, 0) is 57.5 Å². The third-order valence-corrected chi connectivity index (χ3v) is 5.18. The third-order valence-electron chi connectivity index (χ3n) is 5.18. The van der Waals surface area contributed by atoms with Crippen LogP contribution in [0.2, 0.25) is 0 Å². The van der Waals surface area contributed by atoms with Gasteiger partial charge in [-0.3, -0.25) is 0 Å². The molecule has 1 aliphatic carbocycles. The minimum atomic E-state index is -0.296. The summed E-state index contributed by atoms with van der Waals surface area (Å²) in [6.07, 6.45) is 7.37. The summed E-state index contributed by atoms with van der Waals surface area (Å²) in [5.74, 6) is 1.97. The summed E-state index contributed by atoms with van der Waals surface area (Å²) < 4.78 is 0. The van der Waals surface area contributed by atoms with Crippen molar-refractivity contribution in [2.45, 2.75) is 51.0 Å². The van der Waals surface area contributed by atoms with Crippen LogP contribution >= 0.6 is 0 Å². The predicted octanol–water partition coefficient (Wildman–Crippen LogP) is 2.39. The van der Waals surface area contributed by atoms with E-state index in [2.05, 4.69) is 23.2 Å². The Hall–Kier alpha value is -0.590. The predicted molar refractivity (Wildman–Crippen MR) is 74.2 cm³/mol. The molecule has 0 amide bonds. The van der Waals surface area contributed by atoms with Crippen LogP contribution in [-0.2, 0) is 0 Å². The van der Waals surface area contributed by atoms with E-state index >= 15 is 0 Å². The molecule has 1 aliphatic heterocycles. The molecule has 1 saturated heterocycles.